The monoisotopic (exact) mass is 518 g/mol. The molecule has 3 heterocycles. The standard InChI is InChI=1S/C27H26N4O3S2/c1-2-34-23-6-4-3-5-20(23)7-8-25(32)30-26-22(17-28)21-11-15-31(18-24(21)36-26)27(33)35-16-12-19-9-13-29-14-10-19/h3-10,13-14H,2,11-12,15-16,18H2,1H3,(H,30,32). The van der Waals surface area contributed by atoms with Crippen molar-refractivity contribution in [3.05, 3.63) is 82.0 Å². The lowest BCUT2D eigenvalue weighted by Gasteiger charge is -2.26. The van der Waals surface area contributed by atoms with E-state index in [4.69, 9.17) is 4.74 Å². The summed E-state index contributed by atoms with van der Waals surface area (Å²) in [5.74, 6) is 1.08. The zero-order valence-corrected chi connectivity index (χ0v) is 21.5. The molecule has 9 heteroatoms. The SMILES string of the molecule is CCOc1ccccc1C=CC(=O)Nc1sc2c(c1C#N)CCN(C(=O)SCCc1ccncc1)C2. The second-order valence-electron chi connectivity index (χ2n) is 8.00. The molecule has 1 aliphatic rings. The van der Waals surface area contributed by atoms with Crippen molar-refractivity contribution in [2.24, 2.45) is 0 Å². The number of nitrogens with one attached hydrogen (secondary N) is 1. The highest BCUT2D eigenvalue weighted by atomic mass is 32.2. The van der Waals surface area contributed by atoms with Gasteiger partial charge in [-0.05, 0) is 55.2 Å². The number of benzene rings is 1. The Balaban J connectivity index is 1.38. The Bertz CT molecular complexity index is 1300. The average molecular weight is 519 g/mol. The molecule has 4 rings (SSSR count). The molecular formula is C27H26N4O3S2. The number of ether oxygens (including phenoxy) is 1. The predicted molar refractivity (Wildman–Crippen MR) is 144 cm³/mol. The van der Waals surface area contributed by atoms with Gasteiger partial charge in [-0.25, -0.2) is 0 Å². The molecule has 0 atom stereocenters. The molecule has 3 aromatic rings. The molecule has 36 heavy (non-hydrogen) atoms. The average Bonchev–Trinajstić information content (AvgIpc) is 3.24. The highest BCUT2D eigenvalue weighted by Crippen LogP contribution is 2.37. The van der Waals surface area contributed by atoms with Crippen LogP contribution in [0.5, 0.6) is 5.75 Å². The number of aryl methyl sites for hydroxylation is 1. The van der Waals surface area contributed by atoms with Gasteiger partial charge in [-0.1, -0.05) is 30.0 Å². The first kappa shape index (κ1) is 25.5. The lowest BCUT2D eigenvalue weighted by Crippen LogP contribution is -2.33. The molecule has 2 amide bonds. The number of hydrogen-bond acceptors (Lipinski definition) is 7. The van der Waals surface area contributed by atoms with Crippen LogP contribution in [0.4, 0.5) is 9.80 Å². The molecule has 0 saturated heterocycles. The Labute approximate surface area is 218 Å². The van der Waals surface area contributed by atoms with Crippen molar-refractivity contribution in [3.8, 4) is 11.8 Å². The number of thiophene rings is 1. The molecule has 0 radical (unpaired) electrons. The minimum absolute atomic E-state index is 0.0306. The number of anilines is 1. The van der Waals surface area contributed by atoms with E-state index in [-0.39, 0.29) is 11.1 Å². The lowest BCUT2D eigenvalue weighted by atomic mass is 10.0. The number of carbonyl (C=O) groups excluding carboxylic acids is 2. The second kappa shape index (κ2) is 12.4. The smallest absolute Gasteiger partial charge is 0.281 e. The molecular weight excluding hydrogens is 492 g/mol. The molecule has 184 valence electrons. The fourth-order valence-corrected chi connectivity index (χ4v) is 5.95. The molecule has 0 bridgehead atoms. The van der Waals surface area contributed by atoms with Gasteiger partial charge in [-0.2, -0.15) is 5.26 Å². The van der Waals surface area contributed by atoms with Crippen LogP contribution in [0.3, 0.4) is 0 Å². The Hall–Kier alpha value is -3.61. The molecule has 0 spiro atoms. The molecule has 1 N–H and O–H groups in total. The summed E-state index contributed by atoms with van der Waals surface area (Å²) in [5.41, 5.74) is 3.37. The number of nitriles is 1. The summed E-state index contributed by atoms with van der Waals surface area (Å²) in [5, 5.41) is 13.2. The van der Waals surface area contributed by atoms with Gasteiger partial charge in [0.15, 0.2) is 0 Å². The fraction of sp³-hybridized carbons (Fsp3) is 0.259. The zero-order chi connectivity index (χ0) is 25.3. The normalized spacial score (nSPS) is 12.7. The molecule has 1 aromatic carbocycles. The topological polar surface area (TPSA) is 95.3 Å². The summed E-state index contributed by atoms with van der Waals surface area (Å²) in [6.45, 7) is 3.45. The van der Waals surface area contributed by atoms with E-state index in [9.17, 15) is 14.9 Å². The minimum Gasteiger partial charge on any atom is -0.493 e. The largest absolute Gasteiger partial charge is 0.493 e. The summed E-state index contributed by atoms with van der Waals surface area (Å²) in [6.07, 6.45) is 8.04. The molecule has 7 nitrogen and oxygen atoms in total. The number of hydrogen-bond donors (Lipinski definition) is 1. The summed E-state index contributed by atoms with van der Waals surface area (Å²) in [6, 6.07) is 13.6. The number of thioether (sulfide) groups is 1. The predicted octanol–water partition coefficient (Wildman–Crippen LogP) is 5.52. The second-order valence-corrected chi connectivity index (χ2v) is 10.2. The van der Waals surface area contributed by atoms with Crippen molar-refractivity contribution in [3.63, 3.8) is 0 Å². The van der Waals surface area contributed by atoms with E-state index in [2.05, 4.69) is 16.4 Å². The fourth-order valence-electron chi connectivity index (χ4n) is 3.89. The molecule has 0 fully saturated rings. The van der Waals surface area contributed by atoms with Crippen molar-refractivity contribution in [1.82, 2.24) is 9.88 Å². The number of carbonyl (C=O) groups is 2. The van der Waals surface area contributed by atoms with Crippen molar-refractivity contribution in [2.75, 3.05) is 24.2 Å². The molecule has 0 saturated carbocycles. The number of fused-ring (bicyclic) bond motifs is 1. The van der Waals surface area contributed by atoms with E-state index < -0.39 is 0 Å². The zero-order valence-electron chi connectivity index (χ0n) is 19.9. The van der Waals surface area contributed by atoms with Crippen LogP contribution < -0.4 is 10.1 Å². The van der Waals surface area contributed by atoms with Gasteiger partial charge in [0.25, 0.3) is 5.24 Å². The minimum atomic E-state index is -0.323. The quantitative estimate of drug-likeness (QED) is 0.395. The van der Waals surface area contributed by atoms with Crippen LogP contribution in [0.1, 0.15) is 34.1 Å². The van der Waals surface area contributed by atoms with E-state index in [0.29, 0.717) is 48.2 Å². The Morgan fingerprint density at radius 3 is 2.86 bits per heavy atom. The third-order valence-electron chi connectivity index (χ3n) is 5.66. The van der Waals surface area contributed by atoms with Crippen molar-refractivity contribution >= 4 is 45.3 Å². The van der Waals surface area contributed by atoms with Crippen LogP contribution in [0.15, 0.2) is 54.9 Å². The Morgan fingerprint density at radius 2 is 2.08 bits per heavy atom. The lowest BCUT2D eigenvalue weighted by molar-refractivity contribution is -0.111. The van der Waals surface area contributed by atoms with Gasteiger partial charge in [0.05, 0.1) is 18.7 Å². The maximum Gasteiger partial charge on any atom is 0.281 e. The van der Waals surface area contributed by atoms with E-state index in [1.807, 2.05) is 48.2 Å². The molecule has 2 aromatic heterocycles. The summed E-state index contributed by atoms with van der Waals surface area (Å²) in [4.78, 5) is 32.2. The summed E-state index contributed by atoms with van der Waals surface area (Å²) in [7, 11) is 0. The number of rotatable bonds is 8. The van der Waals surface area contributed by atoms with Crippen LogP contribution in [0.2, 0.25) is 0 Å². The number of amides is 2. The number of pyridine rings is 1. The van der Waals surface area contributed by atoms with Gasteiger partial charge in [-0.3, -0.25) is 14.6 Å². The number of aromatic nitrogens is 1. The van der Waals surface area contributed by atoms with Crippen molar-refractivity contribution < 1.29 is 14.3 Å². The van der Waals surface area contributed by atoms with Crippen LogP contribution in [-0.4, -0.2) is 39.9 Å². The van der Waals surface area contributed by atoms with E-state index >= 15 is 0 Å². The number of nitrogens with zero attached hydrogens (tertiary/aromatic N) is 3. The van der Waals surface area contributed by atoms with E-state index in [1.54, 1.807) is 18.5 Å². The first-order valence-corrected chi connectivity index (χ1v) is 13.5. The number of para-hydroxylation sites is 1. The first-order chi connectivity index (χ1) is 17.6. The van der Waals surface area contributed by atoms with Gasteiger partial charge in [0, 0.05) is 41.2 Å². The molecule has 1 aliphatic heterocycles. The van der Waals surface area contributed by atoms with Gasteiger partial charge in [0.2, 0.25) is 5.91 Å². The summed E-state index contributed by atoms with van der Waals surface area (Å²) >= 11 is 2.67. The van der Waals surface area contributed by atoms with Crippen LogP contribution >= 0.6 is 23.1 Å². The third kappa shape index (κ3) is 6.33. The van der Waals surface area contributed by atoms with Gasteiger partial charge in [0.1, 0.15) is 16.8 Å². The molecule has 0 unspecified atom stereocenters. The van der Waals surface area contributed by atoms with Crippen LogP contribution in [-0.2, 0) is 24.2 Å². The van der Waals surface area contributed by atoms with Crippen molar-refractivity contribution in [1.29, 1.82) is 5.26 Å². The maximum absolute atomic E-state index is 12.8. The van der Waals surface area contributed by atoms with Crippen molar-refractivity contribution in [2.45, 2.75) is 26.3 Å². The highest BCUT2D eigenvalue weighted by Gasteiger charge is 2.27. The van der Waals surface area contributed by atoms with Crippen LogP contribution in [0, 0.1) is 11.3 Å². The van der Waals surface area contributed by atoms with Crippen LogP contribution in [0.25, 0.3) is 6.08 Å². The molecule has 0 aliphatic carbocycles. The van der Waals surface area contributed by atoms with Gasteiger partial charge >= 0.3 is 0 Å². The van der Waals surface area contributed by atoms with Gasteiger partial charge < -0.3 is 15.0 Å². The highest BCUT2D eigenvalue weighted by molar-refractivity contribution is 8.13. The van der Waals surface area contributed by atoms with E-state index in [0.717, 1.165) is 28.0 Å². The first-order valence-electron chi connectivity index (χ1n) is 11.6. The Kier molecular flexibility index (Phi) is 8.76. The maximum atomic E-state index is 12.8. The van der Waals surface area contributed by atoms with E-state index in [1.165, 1.54) is 29.2 Å². The third-order valence-corrected chi connectivity index (χ3v) is 7.71. The Morgan fingerprint density at radius 1 is 1.28 bits per heavy atom. The van der Waals surface area contributed by atoms with Gasteiger partial charge in [-0.15, -0.1) is 11.3 Å². The summed E-state index contributed by atoms with van der Waals surface area (Å²) < 4.78 is 5.60.